The number of anilines is 1. The van der Waals surface area contributed by atoms with Crippen molar-refractivity contribution in [1.29, 1.82) is 5.26 Å². The van der Waals surface area contributed by atoms with Crippen molar-refractivity contribution in [2.24, 2.45) is 0 Å². The minimum atomic E-state index is -0.373. The lowest BCUT2D eigenvalue weighted by atomic mass is 10.0. The average Bonchev–Trinajstić information content (AvgIpc) is 3.38. The quantitative estimate of drug-likeness (QED) is 0.332. The zero-order valence-corrected chi connectivity index (χ0v) is 21.9. The lowest BCUT2D eigenvalue weighted by Crippen LogP contribution is -2.58. The average molecular weight is 533 g/mol. The van der Waals surface area contributed by atoms with Crippen molar-refractivity contribution in [3.05, 3.63) is 96.6 Å². The van der Waals surface area contributed by atoms with Gasteiger partial charge in [-0.15, -0.1) is 0 Å². The second kappa shape index (κ2) is 10.2. The second-order valence-electron chi connectivity index (χ2n) is 9.83. The number of halogens is 1. The maximum Gasteiger partial charge on any atom is 0.272 e. The molecule has 1 aliphatic rings. The lowest BCUT2D eigenvalue weighted by molar-refractivity contribution is 0.0638. The van der Waals surface area contributed by atoms with Crippen LogP contribution in [-0.4, -0.2) is 60.5 Å². The maximum absolute atomic E-state index is 15.2. The SMILES string of the molecule is C[C@@H]1CN(c2ncnc3c2c(-c2ccccc2F)cn3-c2cc(C#N)ccn2)[C@@H](C)CN1C(=O)c1ccccn1. The Labute approximate surface area is 230 Å². The molecular formula is C30H25FN8O. The van der Waals surface area contributed by atoms with E-state index < -0.39 is 0 Å². The molecule has 0 unspecified atom stereocenters. The molecule has 198 valence electrons. The fourth-order valence-electron chi connectivity index (χ4n) is 5.28. The van der Waals surface area contributed by atoms with Crippen molar-refractivity contribution >= 4 is 22.8 Å². The van der Waals surface area contributed by atoms with Crippen molar-refractivity contribution in [3.63, 3.8) is 0 Å². The molecular weight excluding hydrogens is 507 g/mol. The van der Waals surface area contributed by atoms with E-state index in [9.17, 15) is 10.1 Å². The fraction of sp³-hybridized carbons (Fsp3) is 0.200. The summed E-state index contributed by atoms with van der Waals surface area (Å²) in [6, 6.07) is 17.1. The number of hydrogen-bond acceptors (Lipinski definition) is 7. The van der Waals surface area contributed by atoms with Gasteiger partial charge < -0.3 is 9.80 Å². The summed E-state index contributed by atoms with van der Waals surface area (Å²) in [7, 11) is 0. The zero-order valence-electron chi connectivity index (χ0n) is 21.9. The highest BCUT2D eigenvalue weighted by atomic mass is 19.1. The fourth-order valence-corrected chi connectivity index (χ4v) is 5.28. The van der Waals surface area contributed by atoms with Crippen molar-refractivity contribution in [2.45, 2.75) is 25.9 Å². The Hall–Kier alpha value is -5.17. The molecule has 0 aliphatic carbocycles. The van der Waals surface area contributed by atoms with Gasteiger partial charge in [0, 0.05) is 54.9 Å². The number of carbonyl (C=O) groups is 1. The van der Waals surface area contributed by atoms with Crippen LogP contribution >= 0.6 is 0 Å². The maximum atomic E-state index is 15.2. The summed E-state index contributed by atoms with van der Waals surface area (Å²) in [5.41, 5.74) is 2.41. The van der Waals surface area contributed by atoms with E-state index in [0.717, 1.165) is 0 Å². The standard InChI is InChI=1S/C30H25FN8O/c1-19-16-38(30(40)25-9-5-6-11-33-25)20(2)15-37(19)28-27-23(22-7-3-4-8-24(22)31)17-39(29(27)36-18-35-28)26-13-21(14-32)10-12-34-26/h3-13,17-20H,15-16H2,1-2H3/t19-,20+/m0/s1. The van der Waals surface area contributed by atoms with E-state index in [1.54, 1.807) is 71.7 Å². The first-order valence-corrected chi connectivity index (χ1v) is 12.9. The van der Waals surface area contributed by atoms with Gasteiger partial charge in [-0.2, -0.15) is 5.26 Å². The Morgan fingerprint density at radius 2 is 1.77 bits per heavy atom. The number of amides is 1. The molecule has 5 heterocycles. The molecule has 1 fully saturated rings. The summed E-state index contributed by atoms with van der Waals surface area (Å²) < 4.78 is 16.9. The highest BCUT2D eigenvalue weighted by Crippen LogP contribution is 2.39. The molecule has 0 radical (unpaired) electrons. The second-order valence-corrected chi connectivity index (χ2v) is 9.83. The van der Waals surface area contributed by atoms with E-state index in [1.807, 2.05) is 18.7 Å². The molecule has 1 aromatic carbocycles. The Balaban J connectivity index is 1.47. The number of nitrogens with zero attached hydrogens (tertiary/aromatic N) is 8. The largest absolute Gasteiger partial charge is 0.349 e. The van der Waals surface area contributed by atoms with E-state index in [1.165, 1.54) is 12.4 Å². The molecule has 4 aromatic heterocycles. The van der Waals surface area contributed by atoms with E-state index >= 15 is 4.39 Å². The third kappa shape index (κ3) is 4.31. The van der Waals surface area contributed by atoms with Crippen molar-refractivity contribution < 1.29 is 9.18 Å². The molecule has 1 aliphatic heterocycles. The molecule has 0 N–H and O–H groups in total. The van der Waals surface area contributed by atoms with Gasteiger partial charge in [0.15, 0.2) is 5.65 Å². The number of carbonyl (C=O) groups excluding carboxylic acids is 1. The summed E-state index contributed by atoms with van der Waals surface area (Å²) in [6.45, 7) is 5.01. The van der Waals surface area contributed by atoms with E-state index in [2.05, 4.69) is 25.9 Å². The Kier molecular flexibility index (Phi) is 6.40. The van der Waals surface area contributed by atoms with Gasteiger partial charge in [0.1, 0.15) is 29.5 Å². The number of rotatable bonds is 4. The number of pyridine rings is 2. The van der Waals surface area contributed by atoms with Crippen LogP contribution in [0.2, 0.25) is 0 Å². The Morgan fingerprint density at radius 1 is 0.950 bits per heavy atom. The minimum Gasteiger partial charge on any atom is -0.349 e. The van der Waals surface area contributed by atoms with Crippen LogP contribution in [0.15, 0.2) is 79.5 Å². The monoisotopic (exact) mass is 532 g/mol. The number of fused-ring (bicyclic) bond motifs is 1. The van der Waals surface area contributed by atoms with Crippen LogP contribution in [0.5, 0.6) is 0 Å². The summed E-state index contributed by atoms with van der Waals surface area (Å²) in [5, 5.41) is 10.1. The van der Waals surface area contributed by atoms with Gasteiger partial charge in [0.05, 0.1) is 17.0 Å². The van der Waals surface area contributed by atoms with Gasteiger partial charge >= 0.3 is 0 Å². The molecule has 5 aromatic rings. The first-order valence-electron chi connectivity index (χ1n) is 12.9. The molecule has 0 saturated carbocycles. The number of aromatic nitrogens is 5. The first-order chi connectivity index (χ1) is 19.5. The van der Waals surface area contributed by atoms with Crippen LogP contribution in [-0.2, 0) is 0 Å². The third-order valence-electron chi connectivity index (χ3n) is 7.25. The van der Waals surface area contributed by atoms with Gasteiger partial charge in [-0.1, -0.05) is 24.3 Å². The Morgan fingerprint density at radius 3 is 2.55 bits per heavy atom. The predicted octanol–water partition coefficient (Wildman–Crippen LogP) is 4.63. The molecule has 9 nitrogen and oxygen atoms in total. The number of benzene rings is 1. The molecule has 1 saturated heterocycles. The van der Waals surface area contributed by atoms with Gasteiger partial charge in [-0.3, -0.25) is 14.3 Å². The predicted molar refractivity (Wildman–Crippen MR) is 148 cm³/mol. The normalized spacial score (nSPS) is 17.1. The highest BCUT2D eigenvalue weighted by Gasteiger charge is 2.35. The molecule has 0 spiro atoms. The van der Waals surface area contributed by atoms with E-state index in [0.29, 0.717) is 58.1 Å². The van der Waals surface area contributed by atoms with Crippen molar-refractivity contribution in [2.75, 3.05) is 18.0 Å². The van der Waals surface area contributed by atoms with E-state index in [4.69, 9.17) is 4.98 Å². The van der Waals surface area contributed by atoms with Crippen LogP contribution in [0, 0.1) is 17.1 Å². The zero-order chi connectivity index (χ0) is 27.8. The van der Waals surface area contributed by atoms with Crippen LogP contribution in [0.4, 0.5) is 10.2 Å². The summed E-state index contributed by atoms with van der Waals surface area (Å²) >= 11 is 0. The molecule has 2 atom stereocenters. The molecule has 1 amide bonds. The third-order valence-corrected chi connectivity index (χ3v) is 7.25. The first kappa shape index (κ1) is 25.1. The highest BCUT2D eigenvalue weighted by molar-refractivity contribution is 6.02. The smallest absolute Gasteiger partial charge is 0.272 e. The topological polar surface area (TPSA) is 104 Å². The minimum absolute atomic E-state index is 0.0983. The van der Waals surface area contributed by atoms with E-state index in [-0.39, 0.29) is 23.8 Å². The number of hydrogen-bond donors (Lipinski definition) is 0. The van der Waals surface area contributed by atoms with Gasteiger partial charge in [0.2, 0.25) is 0 Å². The summed E-state index contributed by atoms with van der Waals surface area (Å²) in [4.78, 5) is 35.2. The van der Waals surface area contributed by atoms with Crippen LogP contribution in [0.1, 0.15) is 29.9 Å². The van der Waals surface area contributed by atoms with Crippen LogP contribution < -0.4 is 4.90 Å². The van der Waals surface area contributed by atoms with Crippen molar-refractivity contribution in [3.8, 4) is 23.0 Å². The number of piperazine rings is 1. The molecule has 6 rings (SSSR count). The molecule has 40 heavy (non-hydrogen) atoms. The Bertz CT molecular complexity index is 1760. The van der Waals surface area contributed by atoms with Crippen molar-refractivity contribution in [1.82, 2.24) is 29.4 Å². The van der Waals surface area contributed by atoms with Gasteiger partial charge in [-0.25, -0.2) is 19.3 Å². The molecule has 10 heteroatoms. The summed E-state index contributed by atoms with van der Waals surface area (Å²) in [5.74, 6) is 0.641. The van der Waals surface area contributed by atoms with Gasteiger partial charge in [-0.05, 0) is 44.2 Å². The van der Waals surface area contributed by atoms with Crippen LogP contribution in [0.3, 0.4) is 0 Å². The number of nitriles is 1. The van der Waals surface area contributed by atoms with Gasteiger partial charge in [0.25, 0.3) is 5.91 Å². The molecule has 0 bridgehead atoms. The lowest BCUT2D eigenvalue weighted by Gasteiger charge is -2.44. The summed E-state index contributed by atoms with van der Waals surface area (Å²) in [6.07, 6.45) is 6.45. The van der Waals surface area contributed by atoms with Crippen LogP contribution in [0.25, 0.3) is 28.0 Å².